The van der Waals surface area contributed by atoms with Crippen LogP contribution in [0, 0.1) is 0 Å². The number of para-hydroxylation sites is 2. The number of benzene rings is 2. The fourth-order valence-corrected chi connectivity index (χ4v) is 1.72. The van der Waals surface area contributed by atoms with Gasteiger partial charge in [0, 0.05) is 12.6 Å². The highest BCUT2D eigenvalue weighted by molar-refractivity contribution is 5.93. The number of carbonyl (C=O) groups excluding carboxylic acids is 1. The van der Waals surface area contributed by atoms with Crippen LogP contribution >= 0.6 is 0 Å². The van der Waals surface area contributed by atoms with Gasteiger partial charge in [0.2, 0.25) is 5.91 Å². The van der Waals surface area contributed by atoms with Crippen molar-refractivity contribution in [2.24, 2.45) is 0 Å². The van der Waals surface area contributed by atoms with Gasteiger partial charge in [0.15, 0.2) is 0 Å². The van der Waals surface area contributed by atoms with Crippen LogP contribution in [0.15, 0.2) is 48.5 Å². The largest absolute Gasteiger partial charge is 0.497 e. The second kappa shape index (κ2) is 5.91. The molecule has 0 radical (unpaired) electrons. The number of anilines is 3. The standard InChI is InChI=1S/C15H16N2O2/c1-11(18)16-14-5-3-4-6-15(14)17-12-7-9-13(19-2)10-8-12/h3-10,17H,1-2H3,(H,16,18). The zero-order valence-corrected chi connectivity index (χ0v) is 10.9. The summed E-state index contributed by atoms with van der Waals surface area (Å²) in [5, 5.41) is 6.05. The molecule has 0 saturated heterocycles. The normalized spacial score (nSPS) is 9.79. The maximum absolute atomic E-state index is 11.1. The molecule has 1 amide bonds. The van der Waals surface area contributed by atoms with Crippen LogP contribution in [0.1, 0.15) is 6.92 Å². The molecule has 2 aromatic carbocycles. The Bertz CT molecular complexity index is 565. The predicted molar refractivity (Wildman–Crippen MR) is 77.0 cm³/mol. The number of ether oxygens (including phenoxy) is 1. The molecule has 0 spiro atoms. The molecule has 0 aliphatic rings. The second-order valence-corrected chi connectivity index (χ2v) is 4.08. The van der Waals surface area contributed by atoms with Gasteiger partial charge in [-0.25, -0.2) is 0 Å². The molecule has 2 N–H and O–H groups in total. The van der Waals surface area contributed by atoms with Gasteiger partial charge in [-0.3, -0.25) is 4.79 Å². The molecule has 0 unspecified atom stereocenters. The Labute approximate surface area is 112 Å². The highest BCUT2D eigenvalue weighted by Gasteiger charge is 2.03. The van der Waals surface area contributed by atoms with E-state index < -0.39 is 0 Å². The molecule has 19 heavy (non-hydrogen) atoms. The van der Waals surface area contributed by atoms with Gasteiger partial charge in [0.1, 0.15) is 5.75 Å². The van der Waals surface area contributed by atoms with E-state index in [9.17, 15) is 4.79 Å². The van der Waals surface area contributed by atoms with Gasteiger partial charge in [0.05, 0.1) is 18.5 Å². The van der Waals surface area contributed by atoms with Crippen LogP contribution in [-0.2, 0) is 4.79 Å². The van der Waals surface area contributed by atoms with Crippen molar-refractivity contribution >= 4 is 23.0 Å². The molecule has 0 heterocycles. The van der Waals surface area contributed by atoms with Crippen molar-refractivity contribution in [2.75, 3.05) is 17.7 Å². The van der Waals surface area contributed by atoms with Crippen molar-refractivity contribution in [1.29, 1.82) is 0 Å². The Morgan fingerprint density at radius 1 is 1.00 bits per heavy atom. The molecule has 0 saturated carbocycles. The third-order valence-corrected chi connectivity index (χ3v) is 2.61. The van der Waals surface area contributed by atoms with E-state index in [1.807, 2.05) is 48.5 Å². The third kappa shape index (κ3) is 3.48. The molecule has 0 aliphatic carbocycles. The smallest absolute Gasteiger partial charge is 0.221 e. The van der Waals surface area contributed by atoms with E-state index in [1.165, 1.54) is 6.92 Å². The predicted octanol–water partition coefficient (Wildman–Crippen LogP) is 3.40. The molecule has 4 heteroatoms. The third-order valence-electron chi connectivity index (χ3n) is 2.61. The Hall–Kier alpha value is -2.49. The number of rotatable bonds is 4. The fraction of sp³-hybridized carbons (Fsp3) is 0.133. The topological polar surface area (TPSA) is 50.4 Å². The average Bonchev–Trinajstić information content (AvgIpc) is 2.41. The van der Waals surface area contributed by atoms with E-state index in [1.54, 1.807) is 7.11 Å². The van der Waals surface area contributed by atoms with Crippen LogP contribution in [0.25, 0.3) is 0 Å². The van der Waals surface area contributed by atoms with Crippen molar-refractivity contribution in [3.8, 4) is 5.75 Å². The van der Waals surface area contributed by atoms with Crippen molar-refractivity contribution < 1.29 is 9.53 Å². The fourth-order valence-electron chi connectivity index (χ4n) is 1.72. The summed E-state index contributed by atoms with van der Waals surface area (Å²) in [5.74, 6) is 0.713. The van der Waals surface area contributed by atoms with E-state index in [2.05, 4.69) is 10.6 Å². The van der Waals surface area contributed by atoms with Crippen LogP contribution in [0.5, 0.6) is 5.75 Å². The van der Waals surface area contributed by atoms with Crippen LogP contribution < -0.4 is 15.4 Å². The lowest BCUT2D eigenvalue weighted by atomic mass is 10.2. The van der Waals surface area contributed by atoms with Crippen molar-refractivity contribution in [3.63, 3.8) is 0 Å². The summed E-state index contributed by atoms with van der Waals surface area (Å²) in [4.78, 5) is 11.1. The highest BCUT2D eigenvalue weighted by atomic mass is 16.5. The van der Waals surface area contributed by atoms with E-state index >= 15 is 0 Å². The second-order valence-electron chi connectivity index (χ2n) is 4.08. The minimum atomic E-state index is -0.0935. The number of hydrogen-bond donors (Lipinski definition) is 2. The zero-order valence-electron chi connectivity index (χ0n) is 10.9. The molecule has 0 bridgehead atoms. The highest BCUT2D eigenvalue weighted by Crippen LogP contribution is 2.26. The van der Waals surface area contributed by atoms with Gasteiger partial charge in [0.25, 0.3) is 0 Å². The van der Waals surface area contributed by atoms with Crippen molar-refractivity contribution in [1.82, 2.24) is 0 Å². The lowest BCUT2D eigenvalue weighted by Gasteiger charge is -2.12. The number of carbonyl (C=O) groups is 1. The molecule has 2 aromatic rings. The lowest BCUT2D eigenvalue weighted by molar-refractivity contribution is -0.114. The van der Waals surface area contributed by atoms with Gasteiger partial charge in [-0.1, -0.05) is 12.1 Å². The molecule has 0 atom stereocenters. The summed E-state index contributed by atoms with van der Waals surface area (Å²) >= 11 is 0. The van der Waals surface area contributed by atoms with Crippen LogP contribution in [0.4, 0.5) is 17.1 Å². The number of nitrogens with one attached hydrogen (secondary N) is 2. The number of hydrogen-bond acceptors (Lipinski definition) is 3. The van der Waals surface area contributed by atoms with Crippen molar-refractivity contribution in [2.45, 2.75) is 6.92 Å². The Morgan fingerprint density at radius 3 is 2.21 bits per heavy atom. The SMILES string of the molecule is COc1ccc(Nc2ccccc2NC(C)=O)cc1. The van der Waals surface area contributed by atoms with E-state index in [0.717, 1.165) is 22.8 Å². The zero-order chi connectivity index (χ0) is 13.7. The first-order valence-electron chi connectivity index (χ1n) is 5.97. The summed E-state index contributed by atoms with van der Waals surface area (Å²) in [6.07, 6.45) is 0. The molecule has 2 rings (SSSR count). The first kappa shape index (κ1) is 13.0. The molecule has 0 aliphatic heterocycles. The Balaban J connectivity index is 2.19. The lowest BCUT2D eigenvalue weighted by Crippen LogP contribution is -2.07. The summed E-state index contributed by atoms with van der Waals surface area (Å²) in [6.45, 7) is 1.49. The van der Waals surface area contributed by atoms with Gasteiger partial charge < -0.3 is 15.4 Å². The molecule has 0 fully saturated rings. The van der Waals surface area contributed by atoms with Crippen molar-refractivity contribution in [3.05, 3.63) is 48.5 Å². The first-order chi connectivity index (χ1) is 9.19. The maximum Gasteiger partial charge on any atom is 0.221 e. The molecular formula is C15H16N2O2. The van der Waals surface area contributed by atoms with Gasteiger partial charge in [-0.05, 0) is 36.4 Å². The van der Waals surface area contributed by atoms with Gasteiger partial charge in [-0.15, -0.1) is 0 Å². The summed E-state index contributed by atoms with van der Waals surface area (Å²) < 4.78 is 5.11. The van der Waals surface area contributed by atoms with Crippen LogP contribution in [0.2, 0.25) is 0 Å². The monoisotopic (exact) mass is 256 g/mol. The molecular weight excluding hydrogens is 240 g/mol. The minimum Gasteiger partial charge on any atom is -0.497 e. The molecule has 98 valence electrons. The molecule has 4 nitrogen and oxygen atoms in total. The summed E-state index contributed by atoms with van der Waals surface area (Å²) in [6, 6.07) is 15.2. The molecule has 0 aromatic heterocycles. The first-order valence-corrected chi connectivity index (χ1v) is 5.97. The van der Waals surface area contributed by atoms with E-state index in [-0.39, 0.29) is 5.91 Å². The van der Waals surface area contributed by atoms with E-state index in [0.29, 0.717) is 0 Å². The van der Waals surface area contributed by atoms with Gasteiger partial charge in [-0.2, -0.15) is 0 Å². The number of methoxy groups -OCH3 is 1. The van der Waals surface area contributed by atoms with Crippen LogP contribution in [-0.4, -0.2) is 13.0 Å². The van der Waals surface area contributed by atoms with Gasteiger partial charge >= 0.3 is 0 Å². The minimum absolute atomic E-state index is 0.0935. The number of amides is 1. The average molecular weight is 256 g/mol. The Kier molecular flexibility index (Phi) is 4.03. The van der Waals surface area contributed by atoms with E-state index in [4.69, 9.17) is 4.74 Å². The van der Waals surface area contributed by atoms with Crippen LogP contribution in [0.3, 0.4) is 0 Å². The quantitative estimate of drug-likeness (QED) is 0.881. The Morgan fingerprint density at radius 2 is 1.63 bits per heavy atom. The maximum atomic E-state index is 11.1. The summed E-state index contributed by atoms with van der Waals surface area (Å²) in [5.41, 5.74) is 2.53. The summed E-state index contributed by atoms with van der Waals surface area (Å²) in [7, 11) is 1.63.